The molecule has 0 atom stereocenters. The van der Waals surface area contributed by atoms with Crippen molar-refractivity contribution in [2.45, 2.75) is 13.8 Å². The fourth-order valence-corrected chi connectivity index (χ4v) is 2.36. The summed E-state index contributed by atoms with van der Waals surface area (Å²) < 4.78 is 6.45. The quantitative estimate of drug-likeness (QED) is 0.570. The Balaban J connectivity index is 1.94. The minimum absolute atomic E-state index is 0.172. The van der Waals surface area contributed by atoms with Gasteiger partial charge in [-0.2, -0.15) is 0 Å². The molecule has 0 aliphatic carbocycles. The van der Waals surface area contributed by atoms with E-state index < -0.39 is 18.5 Å². The number of aromatic nitrogens is 1. The molecule has 0 aliphatic rings. The Morgan fingerprint density at radius 2 is 1.85 bits per heavy atom. The zero-order chi connectivity index (χ0) is 20.0. The smallest absolute Gasteiger partial charge is 0.355 e. The van der Waals surface area contributed by atoms with Crippen molar-refractivity contribution >= 4 is 29.3 Å². The van der Waals surface area contributed by atoms with Crippen LogP contribution in [0.4, 0.5) is 5.69 Å². The SMILES string of the molecule is CCNC(=O)c1cccc(NC(=O)COC(=O)c2cc(C(C)=O)cn2C)c1. The van der Waals surface area contributed by atoms with Gasteiger partial charge < -0.3 is 19.9 Å². The molecule has 0 aliphatic heterocycles. The first-order valence-electron chi connectivity index (χ1n) is 8.34. The number of carbonyl (C=O) groups is 4. The molecule has 1 aromatic carbocycles. The van der Waals surface area contributed by atoms with Crippen LogP contribution in [0.3, 0.4) is 0 Å². The van der Waals surface area contributed by atoms with Crippen molar-refractivity contribution in [1.29, 1.82) is 0 Å². The molecule has 8 nitrogen and oxygen atoms in total. The van der Waals surface area contributed by atoms with Crippen LogP contribution in [0, 0.1) is 0 Å². The fourth-order valence-electron chi connectivity index (χ4n) is 2.36. The van der Waals surface area contributed by atoms with E-state index >= 15 is 0 Å². The van der Waals surface area contributed by atoms with Gasteiger partial charge in [0.15, 0.2) is 12.4 Å². The number of anilines is 1. The first kappa shape index (κ1) is 19.9. The lowest BCUT2D eigenvalue weighted by Gasteiger charge is -2.08. The van der Waals surface area contributed by atoms with Gasteiger partial charge in [-0.05, 0) is 38.1 Å². The van der Waals surface area contributed by atoms with Crippen molar-refractivity contribution < 1.29 is 23.9 Å². The molecule has 0 spiro atoms. The third-order valence-electron chi connectivity index (χ3n) is 3.70. The van der Waals surface area contributed by atoms with Gasteiger partial charge in [0.05, 0.1) is 0 Å². The summed E-state index contributed by atoms with van der Waals surface area (Å²) in [7, 11) is 1.61. The molecule has 0 radical (unpaired) electrons. The van der Waals surface area contributed by atoms with Crippen LogP contribution >= 0.6 is 0 Å². The third kappa shape index (κ3) is 5.27. The molecule has 2 amide bonds. The number of amides is 2. The van der Waals surface area contributed by atoms with Crippen molar-refractivity contribution in [3.8, 4) is 0 Å². The molecular weight excluding hydrogens is 350 g/mol. The normalized spacial score (nSPS) is 10.2. The number of esters is 1. The molecule has 0 bridgehead atoms. The van der Waals surface area contributed by atoms with Gasteiger partial charge in [0.25, 0.3) is 11.8 Å². The van der Waals surface area contributed by atoms with Gasteiger partial charge in [-0.1, -0.05) is 6.07 Å². The summed E-state index contributed by atoms with van der Waals surface area (Å²) in [5.74, 6) is -1.67. The Bertz CT molecular complexity index is 885. The Hall–Kier alpha value is -3.42. The maximum atomic E-state index is 12.1. The summed E-state index contributed by atoms with van der Waals surface area (Å²) in [4.78, 5) is 47.3. The van der Waals surface area contributed by atoms with Crippen LogP contribution in [0.5, 0.6) is 0 Å². The summed E-state index contributed by atoms with van der Waals surface area (Å²) >= 11 is 0. The molecule has 1 aromatic heterocycles. The van der Waals surface area contributed by atoms with Crippen LogP contribution in [0.15, 0.2) is 36.5 Å². The van der Waals surface area contributed by atoms with Crippen LogP contribution in [0.25, 0.3) is 0 Å². The van der Waals surface area contributed by atoms with Crippen molar-refractivity contribution in [3.05, 3.63) is 53.3 Å². The van der Waals surface area contributed by atoms with Gasteiger partial charge in [-0.3, -0.25) is 14.4 Å². The molecule has 0 unspecified atom stereocenters. The number of hydrogen-bond acceptors (Lipinski definition) is 5. The van der Waals surface area contributed by atoms with Gasteiger partial charge in [0.2, 0.25) is 0 Å². The Morgan fingerprint density at radius 3 is 2.48 bits per heavy atom. The first-order chi connectivity index (χ1) is 12.8. The Labute approximate surface area is 156 Å². The van der Waals surface area contributed by atoms with E-state index in [2.05, 4.69) is 10.6 Å². The van der Waals surface area contributed by atoms with Gasteiger partial charge in [-0.15, -0.1) is 0 Å². The summed E-state index contributed by atoms with van der Waals surface area (Å²) in [5.41, 5.74) is 1.38. The molecule has 2 N–H and O–H groups in total. The molecule has 142 valence electrons. The summed E-state index contributed by atoms with van der Waals surface area (Å²) in [5, 5.41) is 5.24. The lowest BCUT2D eigenvalue weighted by atomic mass is 10.2. The number of ether oxygens (including phenoxy) is 1. The summed E-state index contributed by atoms with van der Waals surface area (Å²) in [6.45, 7) is 3.21. The third-order valence-corrected chi connectivity index (χ3v) is 3.70. The second kappa shape index (κ2) is 8.79. The maximum absolute atomic E-state index is 12.1. The molecule has 2 rings (SSSR count). The highest BCUT2D eigenvalue weighted by atomic mass is 16.5. The van der Waals surface area contributed by atoms with Gasteiger partial charge in [-0.25, -0.2) is 4.79 Å². The van der Waals surface area contributed by atoms with E-state index in [9.17, 15) is 19.2 Å². The van der Waals surface area contributed by atoms with Gasteiger partial charge in [0.1, 0.15) is 5.69 Å². The van der Waals surface area contributed by atoms with Crippen molar-refractivity contribution in [3.63, 3.8) is 0 Å². The maximum Gasteiger partial charge on any atom is 0.355 e. The van der Waals surface area contributed by atoms with Crippen LogP contribution in [-0.2, 0) is 16.6 Å². The molecule has 0 saturated heterocycles. The number of rotatable bonds is 7. The number of benzene rings is 1. The van der Waals surface area contributed by atoms with Gasteiger partial charge in [0, 0.05) is 36.6 Å². The average Bonchev–Trinajstić information content (AvgIpc) is 3.02. The van der Waals surface area contributed by atoms with Crippen LogP contribution in [0.1, 0.15) is 45.1 Å². The van der Waals surface area contributed by atoms with E-state index in [1.54, 1.807) is 25.2 Å². The largest absolute Gasteiger partial charge is 0.451 e. The highest BCUT2D eigenvalue weighted by Crippen LogP contribution is 2.12. The Morgan fingerprint density at radius 1 is 1.11 bits per heavy atom. The van der Waals surface area contributed by atoms with E-state index in [1.165, 1.54) is 29.8 Å². The van der Waals surface area contributed by atoms with E-state index in [1.807, 2.05) is 6.92 Å². The number of carbonyl (C=O) groups excluding carboxylic acids is 4. The second-order valence-electron chi connectivity index (χ2n) is 5.85. The summed E-state index contributed by atoms with van der Waals surface area (Å²) in [6, 6.07) is 7.83. The lowest BCUT2D eigenvalue weighted by molar-refractivity contribution is -0.119. The van der Waals surface area contributed by atoms with Crippen LogP contribution in [0.2, 0.25) is 0 Å². The minimum Gasteiger partial charge on any atom is -0.451 e. The number of nitrogens with one attached hydrogen (secondary N) is 2. The number of Topliss-reactive ketones (excluding diaryl/α,β-unsaturated/α-hetero) is 1. The van der Waals surface area contributed by atoms with E-state index in [0.717, 1.165) is 0 Å². The molecular formula is C19H21N3O5. The van der Waals surface area contributed by atoms with Crippen molar-refractivity contribution in [1.82, 2.24) is 9.88 Å². The number of nitrogens with zero attached hydrogens (tertiary/aromatic N) is 1. The molecule has 27 heavy (non-hydrogen) atoms. The highest BCUT2D eigenvalue weighted by molar-refractivity contribution is 5.99. The number of ketones is 1. The number of aryl methyl sites for hydroxylation is 1. The topological polar surface area (TPSA) is 106 Å². The zero-order valence-electron chi connectivity index (χ0n) is 15.4. The Kier molecular flexibility index (Phi) is 6.48. The highest BCUT2D eigenvalue weighted by Gasteiger charge is 2.16. The van der Waals surface area contributed by atoms with Gasteiger partial charge >= 0.3 is 5.97 Å². The van der Waals surface area contributed by atoms with Crippen LogP contribution in [-0.4, -0.2) is 41.3 Å². The lowest BCUT2D eigenvalue weighted by Crippen LogP contribution is -2.24. The van der Waals surface area contributed by atoms with E-state index in [0.29, 0.717) is 23.4 Å². The molecule has 8 heteroatoms. The van der Waals surface area contributed by atoms with E-state index in [4.69, 9.17) is 4.74 Å². The monoisotopic (exact) mass is 371 g/mol. The predicted octanol–water partition coefficient (Wildman–Crippen LogP) is 1.77. The first-order valence-corrected chi connectivity index (χ1v) is 8.34. The van der Waals surface area contributed by atoms with E-state index in [-0.39, 0.29) is 17.4 Å². The molecule has 0 fully saturated rings. The standard InChI is InChI=1S/C19H21N3O5/c1-4-20-18(25)13-6-5-7-15(8-13)21-17(24)11-27-19(26)16-9-14(12(2)23)10-22(16)3/h5-10H,4,11H2,1-3H3,(H,20,25)(H,21,24). The predicted molar refractivity (Wildman–Crippen MR) is 98.8 cm³/mol. The average molecular weight is 371 g/mol. The van der Waals surface area contributed by atoms with Crippen molar-refractivity contribution in [2.75, 3.05) is 18.5 Å². The molecule has 0 saturated carbocycles. The molecule has 1 heterocycles. The van der Waals surface area contributed by atoms with Crippen LogP contribution < -0.4 is 10.6 Å². The van der Waals surface area contributed by atoms with Crippen molar-refractivity contribution in [2.24, 2.45) is 7.05 Å². The number of hydrogen-bond donors (Lipinski definition) is 2. The molecule has 2 aromatic rings. The summed E-state index contributed by atoms with van der Waals surface area (Å²) in [6.07, 6.45) is 1.52. The minimum atomic E-state index is -0.712. The zero-order valence-corrected chi connectivity index (χ0v) is 15.4. The second-order valence-corrected chi connectivity index (χ2v) is 5.85. The fraction of sp³-hybridized carbons (Fsp3) is 0.263.